The van der Waals surface area contributed by atoms with Crippen LogP contribution >= 0.6 is 0 Å². The Labute approximate surface area is 233 Å². The molecule has 0 rings (SSSR count). The third-order valence-corrected chi connectivity index (χ3v) is 8.97. The first-order valence-corrected chi connectivity index (χ1v) is 17.9. The molecule has 0 heterocycles. The van der Waals surface area contributed by atoms with Crippen molar-refractivity contribution in [2.45, 2.75) is 182 Å². The predicted molar refractivity (Wildman–Crippen MR) is 161 cm³/mol. The van der Waals surface area contributed by atoms with Gasteiger partial charge in [0.25, 0.3) is 0 Å². The lowest BCUT2D eigenvalue weighted by molar-refractivity contribution is 0.208. The van der Waals surface area contributed by atoms with E-state index in [1.54, 1.807) is 0 Å². The van der Waals surface area contributed by atoms with Crippen molar-refractivity contribution in [1.29, 1.82) is 0 Å². The summed E-state index contributed by atoms with van der Waals surface area (Å²) >= 11 is 0. The summed E-state index contributed by atoms with van der Waals surface area (Å²) in [5, 5.41) is 0. The Hall–Kier alpha value is -0.130. The molecule has 224 valence electrons. The minimum absolute atomic E-state index is 0.245. The molecule has 0 fully saturated rings. The summed E-state index contributed by atoms with van der Waals surface area (Å²) < 4.78 is 33.8. The average Bonchev–Trinajstić information content (AvgIpc) is 2.89. The maximum atomic E-state index is 11.9. The molecule has 0 amide bonds. The van der Waals surface area contributed by atoms with E-state index in [2.05, 4.69) is 27.7 Å². The fraction of sp³-hybridized carbons (Fsp3) is 1.00. The molecule has 4 nitrogen and oxygen atoms in total. The van der Waals surface area contributed by atoms with Gasteiger partial charge in [-0.3, -0.25) is 0 Å². The van der Waals surface area contributed by atoms with Crippen molar-refractivity contribution in [3.63, 3.8) is 0 Å². The summed E-state index contributed by atoms with van der Waals surface area (Å²) in [5.41, 5.74) is 0. The number of rotatable bonds is 30. The van der Waals surface area contributed by atoms with Gasteiger partial charge >= 0.3 is 10.4 Å². The summed E-state index contributed by atoms with van der Waals surface area (Å²) in [6.07, 6.45) is 30.0. The normalized spacial score (nSPS) is 13.7. The zero-order valence-electron chi connectivity index (χ0n) is 25.6. The Kier molecular flexibility index (Phi) is 27.3. The summed E-state index contributed by atoms with van der Waals surface area (Å²) in [5.74, 6) is 1.85. The second-order valence-corrected chi connectivity index (χ2v) is 12.7. The Bertz CT molecular complexity index is 507. The highest BCUT2D eigenvalue weighted by Crippen LogP contribution is 2.21. The van der Waals surface area contributed by atoms with Crippen molar-refractivity contribution in [2.24, 2.45) is 11.8 Å². The van der Waals surface area contributed by atoms with Crippen LogP contribution in [-0.4, -0.2) is 21.6 Å². The smallest absolute Gasteiger partial charge is 0.248 e. The van der Waals surface area contributed by atoms with Gasteiger partial charge < -0.3 is 0 Å². The zero-order valence-corrected chi connectivity index (χ0v) is 26.4. The third kappa shape index (κ3) is 25.9. The van der Waals surface area contributed by atoms with Crippen LogP contribution in [0.3, 0.4) is 0 Å². The maximum absolute atomic E-state index is 11.9. The van der Waals surface area contributed by atoms with E-state index in [1.807, 2.05) is 0 Å². The van der Waals surface area contributed by atoms with Gasteiger partial charge in [0.1, 0.15) is 0 Å². The van der Waals surface area contributed by atoms with Crippen LogP contribution in [0.5, 0.6) is 0 Å². The highest BCUT2D eigenvalue weighted by molar-refractivity contribution is 7.81. The van der Waals surface area contributed by atoms with E-state index in [4.69, 9.17) is 8.37 Å². The van der Waals surface area contributed by atoms with Crippen molar-refractivity contribution in [2.75, 3.05) is 13.2 Å². The van der Waals surface area contributed by atoms with Gasteiger partial charge in [0, 0.05) is 0 Å². The summed E-state index contributed by atoms with van der Waals surface area (Å²) in [6.45, 7) is 9.70. The van der Waals surface area contributed by atoms with Crippen molar-refractivity contribution in [3.8, 4) is 0 Å². The quantitative estimate of drug-likeness (QED) is 0.0841. The summed E-state index contributed by atoms with van der Waals surface area (Å²) in [4.78, 5) is 0. The molecule has 0 aromatic heterocycles. The first kappa shape index (κ1) is 36.9. The molecule has 0 aliphatic carbocycles. The van der Waals surface area contributed by atoms with Crippen LogP contribution in [0.2, 0.25) is 0 Å². The molecule has 0 saturated heterocycles. The van der Waals surface area contributed by atoms with Gasteiger partial charge in [-0.25, -0.2) is 8.37 Å². The van der Waals surface area contributed by atoms with E-state index in [-0.39, 0.29) is 13.2 Å². The van der Waals surface area contributed by atoms with Gasteiger partial charge in [-0.2, -0.15) is 8.42 Å². The maximum Gasteiger partial charge on any atom is 0.399 e. The molecule has 0 radical (unpaired) electrons. The Morgan fingerprint density at radius 3 is 1.05 bits per heavy atom. The Morgan fingerprint density at radius 2 is 0.730 bits per heavy atom. The molecular formula is C32H66O4S. The fourth-order valence-electron chi connectivity index (χ4n) is 5.28. The highest BCUT2D eigenvalue weighted by atomic mass is 32.3. The minimum atomic E-state index is -3.83. The van der Waals surface area contributed by atoms with Crippen LogP contribution in [0.15, 0.2) is 0 Å². The van der Waals surface area contributed by atoms with Gasteiger partial charge in [0.2, 0.25) is 0 Å². The average molecular weight is 547 g/mol. The standard InChI is InChI=1S/C32H66O4S/c1-5-9-25-31(7-3)27-21-17-13-11-15-19-23-29-35-37(33,34)36-30-24-20-16-12-14-18-22-28-32(8-4)26-10-6-2/h31-32H,5-30H2,1-4H3. The second kappa shape index (κ2) is 27.4. The van der Waals surface area contributed by atoms with Gasteiger partial charge in [0.05, 0.1) is 13.2 Å². The first-order chi connectivity index (χ1) is 18.0. The Morgan fingerprint density at radius 1 is 0.432 bits per heavy atom. The van der Waals surface area contributed by atoms with Crippen molar-refractivity contribution in [1.82, 2.24) is 0 Å². The molecule has 0 aromatic rings. The van der Waals surface area contributed by atoms with Gasteiger partial charge in [-0.15, -0.1) is 0 Å². The van der Waals surface area contributed by atoms with E-state index < -0.39 is 10.4 Å². The predicted octanol–water partition coefficient (Wildman–Crippen LogP) is 10.9. The zero-order chi connectivity index (χ0) is 27.5. The number of hydrogen-bond donors (Lipinski definition) is 0. The van der Waals surface area contributed by atoms with Gasteiger partial charge in [-0.05, 0) is 24.7 Å². The van der Waals surface area contributed by atoms with Gasteiger partial charge in [-0.1, -0.05) is 169 Å². The molecule has 2 unspecified atom stereocenters. The highest BCUT2D eigenvalue weighted by Gasteiger charge is 2.11. The summed E-state index contributed by atoms with van der Waals surface area (Å²) in [6, 6.07) is 0. The topological polar surface area (TPSA) is 52.6 Å². The minimum Gasteiger partial charge on any atom is -0.248 e. The first-order valence-electron chi connectivity index (χ1n) is 16.5. The summed E-state index contributed by atoms with van der Waals surface area (Å²) in [7, 11) is -3.83. The second-order valence-electron chi connectivity index (χ2n) is 11.4. The van der Waals surface area contributed by atoms with Crippen LogP contribution in [0.25, 0.3) is 0 Å². The van der Waals surface area contributed by atoms with Crippen LogP contribution in [0.1, 0.15) is 182 Å². The molecule has 0 aromatic carbocycles. The van der Waals surface area contributed by atoms with Crippen LogP contribution < -0.4 is 0 Å². The SMILES string of the molecule is CCCCC(CC)CCCCCCCCCOS(=O)(=O)OCCCCCCCCCC(CC)CCCC. The van der Waals surface area contributed by atoms with Gasteiger partial charge in [0.15, 0.2) is 0 Å². The van der Waals surface area contributed by atoms with Crippen molar-refractivity contribution < 1.29 is 16.8 Å². The molecule has 5 heteroatoms. The molecule has 0 saturated carbocycles. The molecule has 0 spiro atoms. The van der Waals surface area contributed by atoms with E-state index in [0.717, 1.165) is 50.4 Å². The van der Waals surface area contributed by atoms with E-state index in [9.17, 15) is 8.42 Å². The molecule has 2 atom stereocenters. The van der Waals surface area contributed by atoms with E-state index in [0.29, 0.717) is 0 Å². The fourth-order valence-corrected chi connectivity index (χ4v) is 6.00. The lowest BCUT2D eigenvalue weighted by atomic mass is 9.93. The molecule has 0 aliphatic heterocycles. The number of hydrogen-bond acceptors (Lipinski definition) is 4. The van der Waals surface area contributed by atoms with E-state index in [1.165, 1.54) is 116 Å². The van der Waals surface area contributed by atoms with Crippen LogP contribution in [0, 0.1) is 11.8 Å². The third-order valence-electron chi connectivity index (χ3n) is 8.06. The number of unbranched alkanes of at least 4 members (excludes halogenated alkanes) is 14. The Balaban J connectivity index is 3.48. The monoisotopic (exact) mass is 546 g/mol. The van der Waals surface area contributed by atoms with Crippen molar-refractivity contribution in [3.05, 3.63) is 0 Å². The molecular weight excluding hydrogens is 480 g/mol. The van der Waals surface area contributed by atoms with E-state index >= 15 is 0 Å². The van der Waals surface area contributed by atoms with Crippen LogP contribution in [0.4, 0.5) is 0 Å². The van der Waals surface area contributed by atoms with Crippen LogP contribution in [-0.2, 0) is 18.8 Å². The lowest BCUT2D eigenvalue weighted by Gasteiger charge is -2.13. The molecule has 0 N–H and O–H groups in total. The van der Waals surface area contributed by atoms with Crippen molar-refractivity contribution >= 4 is 10.4 Å². The molecule has 37 heavy (non-hydrogen) atoms. The lowest BCUT2D eigenvalue weighted by Crippen LogP contribution is -2.12. The molecule has 0 bridgehead atoms. The molecule has 0 aliphatic rings. The largest absolute Gasteiger partial charge is 0.399 e.